The third-order valence-corrected chi connectivity index (χ3v) is 9.09. The number of hydrogen-bond donors (Lipinski definition) is 1. The van der Waals surface area contributed by atoms with Crippen LogP contribution in [0.5, 0.6) is 0 Å². The molecule has 3 aliphatic rings. The number of nitrogens with zero attached hydrogens (tertiary/aromatic N) is 2. The van der Waals surface area contributed by atoms with Crippen molar-refractivity contribution in [3.05, 3.63) is 55.1 Å². The highest BCUT2D eigenvalue weighted by molar-refractivity contribution is 6.05. The second-order valence-electron chi connectivity index (χ2n) is 10.8. The second-order valence-corrected chi connectivity index (χ2v) is 10.8. The molecule has 3 heterocycles. The molecule has 8 heteroatoms. The van der Waals surface area contributed by atoms with E-state index in [2.05, 4.69) is 6.58 Å². The van der Waals surface area contributed by atoms with Gasteiger partial charge in [0.15, 0.2) is 0 Å². The molecule has 0 aromatic heterocycles. The summed E-state index contributed by atoms with van der Waals surface area (Å²) in [6.07, 6.45) is 3.67. The first-order chi connectivity index (χ1) is 18.8. The van der Waals surface area contributed by atoms with Crippen LogP contribution in [0, 0.1) is 11.8 Å². The van der Waals surface area contributed by atoms with Gasteiger partial charge in [-0.1, -0.05) is 50.3 Å². The number of hydrogen-bond acceptors (Lipinski definition) is 6. The standard InChI is InChI=1S/C31H38N2O6/c1-5-17-32(23-14-13-20-11-9-10-12-21(20)18-23)28(36)26-31-16-15-30(7-3,39-31)25(29(37)38-8-4)24(31)27(35)33(26)22(6-2)19-34/h5,9-14,18,22,24-26,34H,1,6-8,15-17,19H2,2-4H3/t22-,24-,25+,26?,30-,31?/m0/s1. The van der Waals surface area contributed by atoms with Crippen molar-refractivity contribution >= 4 is 34.2 Å². The number of benzene rings is 2. The normalized spacial score (nSPS) is 29.9. The van der Waals surface area contributed by atoms with Crippen LogP contribution in [0.4, 0.5) is 5.69 Å². The van der Waals surface area contributed by atoms with E-state index in [4.69, 9.17) is 9.47 Å². The van der Waals surface area contributed by atoms with Gasteiger partial charge in [-0.25, -0.2) is 0 Å². The van der Waals surface area contributed by atoms with Crippen molar-refractivity contribution in [2.45, 2.75) is 69.7 Å². The summed E-state index contributed by atoms with van der Waals surface area (Å²) < 4.78 is 12.2. The summed E-state index contributed by atoms with van der Waals surface area (Å²) in [5.41, 5.74) is -1.35. The van der Waals surface area contributed by atoms with E-state index >= 15 is 0 Å². The number of esters is 1. The fraction of sp³-hybridized carbons (Fsp3) is 0.516. The van der Waals surface area contributed by atoms with E-state index in [9.17, 15) is 19.5 Å². The highest BCUT2D eigenvalue weighted by Gasteiger charge is 2.79. The summed E-state index contributed by atoms with van der Waals surface area (Å²) >= 11 is 0. The van der Waals surface area contributed by atoms with Gasteiger partial charge in [0, 0.05) is 12.2 Å². The number of carbonyl (C=O) groups excluding carboxylic acids is 3. The van der Waals surface area contributed by atoms with Gasteiger partial charge in [-0.2, -0.15) is 0 Å². The molecule has 3 aliphatic heterocycles. The summed E-state index contributed by atoms with van der Waals surface area (Å²) in [5.74, 6) is -2.72. The summed E-state index contributed by atoms with van der Waals surface area (Å²) in [6, 6.07) is 12.2. The van der Waals surface area contributed by atoms with Crippen molar-refractivity contribution in [1.29, 1.82) is 0 Å². The molecule has 1 spiro atoms. The Balaban J connectivity index is 1.64. The molecule has 8 nitrogen and oxygen atoms in total. The van der Waals surface area contributed by atoms with E-state index in [1.807, 2.05) is 56.3 Å². The number of anilines is 1. The third kappa shape index (κ3) is 3.99. The van der Waals surface area contributed by atoms with Gasteiger partial charge in [-0.3, -0.25) is 14.4 Å². The number of carbonyl (C=O) groups is 3. The topological polar surface area (TPSA) is 96.4 Å². The molecule has 0 aliphatic carbocycles. The van der Waals surface area contributed by atoms with Crippen LogP contribution in [0.25, 0.3) is 10.8 Å². The Morgan fingerprint density at radius 3 is 2.59 bits per heavy atom. The Labute approximate surface area is 229 Å². The van der Waals surface area contributed by atoms with Crippen molar-refractivity contribution in [3.63, 3.8) is 0 Å². The Morgan fingerprint density at radius 2 is 1.95 bits per heavy atom. The van der Waals surface area contributed by atoms with E-state index < -0.39 is 41.1 Å². The van der Waals surface area contributed by atoms with E-state index in [0.717, 1.165) is 10.8 Å². The van der Waals surface area contributed by atoms with E-state index in [-0.39, 0.29) is 31.6 Å². The van der Waals surface area contributed by atoms with Crippen LogP contribution >= 0.6 is 0 Å². The van der Waals surface area contributed by atoms with Gasteiger partial charge in [0.05, 0.1) is 30.8 Å². The smallest absolute Gasteiger partial charge is 0.312 e. The first-order valence-corrected chi connectivity index (χ1v) is 14.0. The monoisotopic (exact) mass is 534 g/mol. The zero-order valence-electron chi connectivity index (χ0n) is 23.0. The quantitative estimate of drug-likeness (QED) is 0.368. The van der Waals surface area contributed by atoms with Crippen molar-refractivity contribution < 1.29 is 29.0 Å². The average Bonchev–Trinajstić information content (AvgIpc) is 3.56. The number of likely N-dealkylation sites (tertiary alicyclic amines) is 1. The zero-order valence-corrected chi connectivity index (χ0v) is 23.0. The Hall–Kier alpha value is -3.23. The predicted molar refractivity (Wildman–Crippen MR) is 148 cm³/mol. The summed E-state index contributed by atoms with van der Waals surface area (Å²) in [5, 5.41) is 12.3. The summed E-state index contributed by atoms with van der Waals surface area (Å²) in [4.78, 5) is 45.4. The molecule has 6 atom stereocenters. The van der Waals surface area contributed by atoms with E-state index in [1.165, 1.54) is 4.90 Å². The lowest BCUT2D eigenvalue weighted by molar-refractivity contribution is -0.161. The summed E-state index contributed by atoms with van der Waals surface area (Å²) in [7, 11) is 0. The van der Waals surface area contributed by atoms with Gasteiger partial charge in [-0.15, -0.1) is 6.58 Å². The maximum absolute atomic E-state index is 14.7. The van der Waals surface area contributed by atoms with Gasteiger partial charge < -0.3 is 24.4 Å². The van der Waals surface area contributed by atoms with Gasteiger partial charge in [-0.05, 0) is 55.5 Å². The van der Waals surface area contributed by atoms with Crippen LogP contribution in [-0.4, -0.2) is 70.8 Å². The molecule has 2 amide bonds. The number of amides is 2. The Morgan fingerprint density at radius 1 is 1.21 bits per heavy atom. The molecular formula is C31H38N2O6. The van der Waals surface area contributed by atoms with Crippen LogP contribution in [0.2, 0.25) is 0 Å². The maximum Gasteiger partial charge on any atom is 0.312 e. The van der Waals surface area contributed by atoms with Crippen LogP contribution in [0.3, 0.4) is 0 Å². The minimum atomic E-state index is -1.18. The lowest BCUT2D eigenvalue weighted by Crippen LogP contribution is -2.59. The Kier molecular flexibility index (Phi) is 7.29. The number of aliphatic hydroxyl groups is 1. The predicted octanol–water partition coefficient (Wildman–Crippen LogP) is 3.85. The molecule has 3 fully saturated rings. The van der Waals surface area contributed by atoms with Gasteiger partial charge in [0.1, 0.15) is 17.6 Å². The highest BCUT2D eigenvalue weighted by Crippen LogP contribution is 2.65. The van der Waals surface area contributed by atoms with Crippen molar-refractivity contribution in [3.8, 4) is 0 Å². The van der Waals surface area contributed by atoms with Crippen LogP contribution < -0.4 is 4.90 Å². The fourth-order valence-corrected chi connectivity index (χ4v) is 7.28. The molecule has 0 radical (unpaired) electrons. The molecule has 2 aromatic rings. The molecule has 5 rings (SSSR count). The lowest BCUT2D eigenvalue weighted by atomic mass is 9.65. The average molecular weight is 535 g/mol. The van der Waals surface area contributed by atoms with E-state index in [0.29, 0.717) is 31.4 Å². The fourth-order valence-electron chi connectivity index (χ4n) is 7.28. The molecular weight excluding hydrogens is 496 g/mol. The van der Waals surface area contributed by atoms with Gasteiger partial charge in [0.2, 0.25) is 5.91 Å². The first kappa shape index (κ1) is 27.3. The van der Waals surface area contributed by atoms with Crippen LogP contribution in [-0.2, 0) is 23.9 Å². The minimum absolute atomic E-state index is 0.193. The largest absolute Gasteiger partial charge is 0.466 e. The minimum Gasteiger partial charge on any atom is -0.466 e. The molecule has 39 heavy (non-hydrogen) atoms. The number of fused-ring (bicyclic) bond motifs is 2. The van der Waals surface area contributed by atoms with Crippen LogP contribution in [0.15, 0.2) is 55.1 Å². The molecule has 208 valence electrons. The zero-order chi connectivity index (χ0) is 27.9. The lowest BCUT2D eigenvalue weighted by Gasteiger charge is -2.39. The Bertz CT molecular complexity index is 1290. The van der Waals surface area contributed by atoms with E-state index in [1.54, 1.807) is 17.9 Å². The van der Waals surface area contributed by atoms with Crippen molar-refractivity contribution in [2.24, 2.45) is 11.8 Å². The number of rotatable bonds is 10. The molecule has 2 bridgehead atoms. The summed E-state index contributed by atoms with van der Waals surface area (Å²) in [6.45, 7) is 9.58. The molecule has 3 saturated heterocycles. The number of ether oxygens (including phenoxy) is 2. The SMILES string of the molecule is C=CCN(C(=O)C1N([C@@H](CC)CO)C(=O)[C@@H]2[C@H](C(=O)OCC)[C@]3(CC)CCC12O3)c1ccc2ccccc2c1. The highest BCUT2D eigenvalue weighted by atomic mass is 16.6. The number of aliphatic hydroxyl groups excluding tert-OH is 1. The molecule has 0 saturated carbocycles. The van der Waals surface area contributed by atoms with Crippen molar-refractivity contribution in [1.82, 2.24) is 4.90 Å². The maximum atomic E-state index is 14.7. The van der Waals surface area contributed by atoms with Crippen LogP contribution in [0.1, 0.15) is 46.5 Å². The second kappa shape index (κ2) is 10.4. The molecule has 2 unspecified atom stereocenters. The van der Waals surface area contributed by atoms with Gasteiger partial charge >= 0.3 is 5.97 Å². The molecule has 1 N–H and O–H groups in total. The molecule has 2 aromatic carbocycles. The van der Waals surface area contributed by atoms with Gasteiger partial charge in [0.25, 0.3) is 5.91 Å². The first-order valence-electron chi connectivity index (χ1n) is 14.0. The third-order valence-electron chi connectivity index (χ3n) is 9.09. The van der Waals surface area contributed by atoms with Crippen molar-refractivity contribution in [2.75, 3.05) is 24.7 Å².